The van der Waals surface area contributed by atoms with Gasteiger partial charge < -0.3 is 20.3 Å². The van der Waals surface area contributed by atoms with Crippen LogP contribution in [-0.2, 0) is 9.53 Å². The number of amides is 1. The van der Waals surface area contributed by atoms with Crippen LogP contribution in [0.1, 0.15) is 46.5 Å². The van der Waals surface area contributed by atoms with Crippen LogP contribution in [0.4, 0.5) is 0 Å². The zero-order chi connectivity index (χ0) is 15.7. The van der Waals surface area contributed by atoms with Gasteiger partial charge >= 0.3 is 0 Å². The van der Waals surface area contributed by atoms with Crippen molar-refractivity contribution < 1.29 is 9.53 Å². The van der Waals surface area contributed by atoms with Crippen LogP contribution in [0.25, 0.3) is 0 Å². The van der Waals surface area contributed by atoms with E-state index in [0.717, 1.165) is 58.4 Å². The smallest absolute Gasteiger partial charge is 0.252 e. The van der Waals surface area contributed by atoms with Crippen molar-refractivity contribution in [3.05, 3.63) is 0 Å². The zero-order valence-corrected chi connectivity index (χ0v) is 16.7. The van der Waals surface area contributed by atoms with Gasteiger partial charge in [0.1, 0.15) is 5.60 Å². The Morgan fingerprint density at radius 1 is 1.26 bits per heavy atom. The third kappa shape index (κ3) is 8.03. The first-order valence-electron chi connectivity index (χ1n) is 8.37. The molecular weight excluding hydrogens is 337 g/mol. The number of rotatable bonds is 9. The van der Waals surface area contributed by atoms with Gasteiger partial charge in [-0.05, 0) is 65.3 Å². The lowest BCUT2D eigenvalue weighted by Crippen LogP contribution is -2.55. The third-order valence-electron chi connectivity index (χ3n) is 4.60. The molecule has 1 aliphatic heterocycles. The van der Waals surface area contributed by atoms with Crippen molar-refractivity contribution in [2.75, 3.05) is 39.8 Å². The number of nitrogens with one attached hydrogen (secondary N) is 2. The summed E-state index contributed by atoms with van der Waals surface area (Å²) in [7, 11) is 1.65. The maximum Gasteiger partial charge on any atom is 0.252 e. The molecule has 1 unspecified atom stereocenters. The van der Waals surface area contributed by atoms with Crippen molar-refractivity contribution in [3.8, 4) is 0 Å². The molecule has 23 heavy (non-hydrogen) atoms. The normalized spacial score (nSPS) is 17.8. The van der Waals surface area contributed by atoms with Crippen LogP contribution in [0.3, 0.4) is 0 Å². The van der Waals surface area contributed by atoms with Crippen LogP contribution in [0, 0.1) is 0 Å². The van der Waals surface area contributed by atoms with E-state index in [2.05, 4.69) is 36.3 Å². The van der Waals surface area contributed by atoms with Gasteiger partial charge in [0.05, 0.1) is 0 Å². The Labute approximate surface area is 154 Å². The van der Waals surface area contributed by atoms with E-state index in [9.17, 15) is 4.79 Å². The van der Waals surface area contributed by atoms with Crippen molar-refractivity contribution in [1.82, 2.24) is 15.5 Å². The molecule has 5 nitrogen and oxygen atoms in total. The maximum atomic E-state index is 12.5. The molecule has 0 spiro atoms. The Kier molecular flexibility index (Phi) is 14.5. The zero-order valence-electron chi connectivity index (χ0n) is 15.0. The minimum Gasteiger partial charge on any atom is -0.368 e. The Bertz CT molecular complexity index is 310. The van der Waals surface area contributed by atoms with Gasteiger partial charge in [-0.25, -0.2) is 0 Å². The van der Waals surface area contributed by atoms with Crippen LogP contribution >= 0.6 is 24.8 Å². The summed E-state index contributed by atoms with van der Waals surface area (Å²) < 4.78 is 5.56. The number of hydrogen-bond donors (Lipinski definition) is 2. The monoisotopic (exact) mass is 371 g/mol. The molecule has 0 radical (unpaired) electrons. The standard InChI is InChI=1S/C16H33N3O2.2ClH/c1-5-19(6-2)13-7-8-14(3)18-15(20)16(21-4)9-11-17-12-10-16;;/h14,17H,5-13H2,1-4H3,(H,18,20);2*1H. The van der Waals surface area contributed by atoms with Gasteiger partial charge in [-0.1, -0.05) is 13.8 Å². The molecule has 1 heterocycles. The molecule has 0 saturated carbocycles. The first-order chi connectivity index (χ1) is 10.1. The number of piperidine rings is 1. The Morgan fingerprint density at radius 2 is 1.83 bits per heavy atom. The molecule has 0 bridgehead atoms. The number of halogens is 2. The summed E-state index contributed by atoms with van der Waals surface area (Å²) in [6.45, 7) is 11.4. The van der Waals surface area contributed by atoms with Crippen molar-refractivity contribution in [2.24, 2.45) is 0 Å². The highest BCUT2D eigenvalue weighted by Gasteiger charge is 2.39. The lowest BCUT2D eigenvalue weighted by molar-refractivity contribution is -0.147. The van der Waals surface area contributed by atoms with E-state index >= 15 is 0 Å². The fraction of sp³-hybridized carbons (Fsp3) is 0.938. The van der Waals surface area contributed by atoms with Crippen molar-refractivity contribution in [2.45, 2.75) is 58.1 Å². The topological polar surface area (TPSA) is 53.6 Å². The predicted molar refractivity (Wildman–Crippen MR) is 101 cm³/mol. The lowest BCUT2D eigenvalue weighted by atomic mass is 9.90. The lowest BCUT2D eigenvalue weighted by Gasteiger charge is -2.35. The number of carbonyl (C=O) groups excluding carboxylic acids is 1. The largest absolute Gasteiger partial charge is 0.368 e. The van der Waals surface area contributed by atoms with E-state index in [-0.39, 0.29) is 36.8 Å². The minimum absolute atomic E-state index is 0. The van der Waals surface area contributed by atoms with E-state index < -0.39 is 5.60 Å². The van der Waals surface area contributed by atoms with Crippen molar-refractivity contribution in [1.29, 1.82) is 0 Å². The number of carbonyl (C=O) groups is 1. The van der Waals surface area contributed by atoms with Gasteiger partial charge in [-0.15, -0.1) is 24.8 Å². The van der Waals surface area contributed by atoms with Gasteiger partial charge in [0.15, 0.2) is 0 Å². The molecule has 2 N–H and O–H groups in total. The summed E-state index contributed by atoms with van der Waals surface area (Å²) in [5.74, 6) is 0.0573. The van der Waals surface area contributed by atoms with Gasteiger partial charge in [-0.2, -0.15) is 0 Å². The van der Waals surface area contributed by atoms with Crippen LogP contribution in [0.2, 0.25) is 0 Å². The average Bonchev–Trinajstić information content (AvgIpc) is 2.52. The average molecular weight is 372 g/mol. The van der Waals surface area contributed by atoms with Gasteiger partial charge in [-0.3, -0.25) is 4.79 Å². The van der Waals surface area contributed by atoms with Crippen LogP contribution < -0.4 is 10.6 Å². The third-order valence-corrected chi connectivity index (χ3v) is 4.60. The van der Waals surface area contributed by atoms with Gasteiger partial charge in [0, 0.05) is 13.2 Å². The van der Waals surface area contributed by atoms with Crippen LogP contribution in [0.5, 0.6) is 0 Å². The molecule has 140 valence electrons. The molecule has 1 rings (SSSR count). The highest BCUT2D eigenvalue weighted by Crippen LogP contribution is 2.22. The van der Waals surface area contributed by atoms with E-state index in [1.807, 2.05) is 0 Å². The number of ether oxygens (including phenoxy) is 1. The van der Waals surface area contributed by atoms with Crippen molar-refractivity contribution in [3.63, 3.8) is 0 Å². The highest BCUT2D eigenvalue weighted by molar-refractivity contribution is 5.86. The molecule has 0 aromatic heterocycles. The van der Waals surface area contributed by atoms with Gasteiger partial charge in [0.25, 0.3) is 5.91 Å². The summed E-state index contributed by atoms with van der Waals surface area (Å²) in [6, 6.07) is 0.204. The fourth-order valence-electron chi connectivity index (χ4n) is 2.94. The van der Waals surface area contributed by atoms with E-state index in [4.69, 9.17) is 4.74 Å². The van der Waals surface area contributed by atoms with E-state index in [0.29, 0.717) is 0 Å². The van der Waals surface area contributed by atoms with E-state index in [1.54, 1.807) is 7.11 Å². The molecule has 1 fully saturated rings. The second-order valence-electron chi connectivity index (χ2n) is 5.99. The molecule has 1 amide bonds. The van der Waals surface area contributed by atoms with Crippen molar-refractivity contribution >= 4 is 30.7 Å². The summed E-state index contributed by atoms with van der Waals surface area (Å²) >= 11 is 0. The molecule has 1 saturated heterocycles. The Morgan fingerprint density at radius 3 is 2.30 bits per heavy atom. The molecular formula is C16H35Cl2N3O2. The molecule has 0 aromatic rings. The molecule has 1 aliphatic rings. The Hall–Kier alpha value is -0.0700. The van der Waals surface area contributed by atoms with Crippen LogP contribution in [-0.4, -0.2) is 62.3 Å². The van der Waals surface area contributed by atoms with Gasteiger partial charge in [0.2, 0.25) is 0 Å². The SMILES string of the molecule is CCN(CC)CCCC(C)NC(=O)C1(OC)CCNCC1.Cl.Cl. The molecule has 7 heteroatoms. The number of methoxy groups -OCH3 is 1. The summed E-state index contributed by atoms with van der Waals surface area (Å²) in [6.07, 6.45) is 3.63. The molecule has 0 aromatic carbocycles. The van der Waals surface area contributed by atoms with E-state index in [1.165, 1.54) is 0 Å². The fourth-order valence-corrected chi connectivity index (χ4v) is 2.94. The second kappa shape index (κ2) is 13.2. The highest BCUT2D eigenvalue weighted by atomic mass is 35.5. The number of hydrogen-bond acceptors (Lipinski definition) is 4. The quantitative estimate of drug-likeness (QED) is 0.652. The number of nitrogens with zero attached hydrogens (tertiary/aromatic N) is 1. The second-order valence-corrected chi connectivity index (χ2v) is 5.99. The summed E-state index contributed by atoms with van der Waals surface area (Å²) in [4.78, 5) is 14.9. The first kappa shape index (κ1) is 25.2. The van der Waals surface area contributed by atoms with Crippen LogP contribution in [0.15, 0.2) is 0 Å². The molecule has 0 aliphatic carbocycles. The Balaban J connectivity index is 0. The maximum absolute atomic E-state index is 12.5. The summed E-state index contributed by atoms with van der Waals surface area (Å²) in [5, 5.41) is 6.42. The first-order valence-corrected chi connectivity index (χ1v) is 8.37. The minimum atomic E-state index is -0.627. The summed E-state index contributed by atoms with van der Waals surface area (Å²) in [5.41, 5.74) is -0.627. The predicted octanol–water partition coefficient (Wildman–Crippen LogP) is 2.23. The molecule has 1 atom stereocenters.